The van der Waals surface area contributed by atoms with Crippen molar-refractivity contribution in [3.63, 3.8) is 0 Å². The molecule has 4 rings (SSSR count). The van der Waals surface area contributed by atoms with Crippen LogP contribution in [0.25, 0.3) is 5.65 Å². The summed E-state index contributed by atoms with van der Waals surface area (Å²) in [7, 11) is 0. The Morgan fingerprint density at radius 1 is 1.23 bits per heavy atom. The Morgan fingerprint density at radius 2 is 2.08 bits per heavy atom. The molecule has 0 saturated carbocycles. The second-order valence-corrected chi connectivity index (χ2v) is 6.97. The molecule has 26 heavy (non-hydrogen) atoms. The van der Waals surface area contributed by atoms with Crippen molar-refractivity contribution in [3.8, 4) is 0 Å². The number of amides is 1. The van der Waals surface area contributed by atoms with E-state index in [1.165, 1.54) is 12.8 Å². The number of carbonyl (C=O) groups is 1. The molecule has 1 aromatic carbocycles. The predicted molar refractivity (Wildman–Crippen MR) is 100 cm³/mol. The van der Waals surface area contributed by atoms with E-state index in [1.54, 1.807) is 29.1 Å². The summed E-state index contributed by atoms with van der Waals surface area (Å²) in [6.45, 7) is 2.62. The van der Waals surface area contributed by atoms with Gasteiger partial charge in [-0.15, -0.1) is 10.2 Å². The monoisotopic (exact) mass is 369 g/mol. The minimum Gasteiger partial charge on any atom is -0.350 e. The molecule has 1 fully saturated rings. The van der Waals surface area contributed by atoms with Crippen LogP contribution in [-0.4, -0.2) is 45.0 Å². The smallest absolute Gasteiger partial charge is 0.252 e. The minimum atomic E-state index is -0.105. The van der Waals surface area contributed by atoms with Crippen LogP contribution in [0.1, 0.15) is 34.8 Å². The number of nitrogens with one attached hydrogen (secondary N) is 1. The Labute approximate surface area is 156 Å². The zero-order valence-electron chi connectivity index (χ0n) is 14.3. The third kappa shape index (κ3) is 3.57. The number of hydrogen-bond acceptors (Lipinski definition) is 4. The maximum Gasteiger partial charge on any atom is 0.252 e. The number of nitrogens with zero attached hydrogens (tertiary/aromatic N) is 4. The molecule has 0 radical (unpaired) electrons. The van der Waals surface area contributed by atoms with Crippen molar-refractivity contribution in [1.82, 2.24) is 24.8 Å². The van der Waals surface area contributed by atoms with Gasteiger partial charge in [0.2, 0.25) is 0 Å². The molecule has 6 nitrogen and oxygen atoms in total. The lowest BCUT2D eigenvalue weighted by Crippen LogP contribution is -2.36. The van der Waals surface area contributed by atoms with Gasteiger partial charge >= 0.3 is 0 Å². The van der Waals surface area contributed by atoms with E-state index in [1.807, 2.05) is 18.2 Å². The first-order chi connectivity index (χ1) is 12.7. The molecular formula is C19H20ClN5O. The fraction of sp³-hybridized carbons (Fsp3) is 0.316. The van der Waals surface area contributed by atoms with Gasteiger partial charge in [-0.05, 0) is 55.8 Å². The fourth-order valence-electron chi connectivity index (χ4n) is 3.48. The highest BCUT2D eigenvalue weighted by atomic mass is 35.5. The molecule has 1 N–H and O–H groups in total. The maximum absolute atomic E-state index is 12.6. The van der Waals surface area contributed by atoms with Crippen LogP contribution >= 0.6 is 11.6 Å². The van der Waals surface area contributed by atoms with Gasteiger partial charge in [-0.25, -0.2) is 0 Å². The van der Waals surface area contributed by atoms with Crippen LogP contribution < -0.4 is 5.32 Å². The van der Waals surface area contributed by atoms with Gasteiger partial charge in [0.15, 0.2) is 5.65 Å². The number of hydrogen-bond donors (Lipinski definition) is 1. The number of benzene rings is 1. The molecule has 1 amide bonds. The van der Waals surface area contributed by atoms with Crippen LogP contribution in [0.2, 0.25) is 5.02 Å². The van der Waals surface area contributed by atoms with Gasteiger partial charge in [-0.3, -0.25) is 14.1 Å². The molecule has 1 aliphatic rings. The van der Waals surface area contributed by atoms with Crippen LogP contribution in [0.4, 0.5) is 0 Å². The second kappa shape index (κ2) is 7.43. The minimum absolute atomic E-state index is 0.105. The quantitative estimate of drug-likeness (QED) is 0.751. The first kappa shape index (κ1) is 17.0. The van der Waals surface area contributed by atoms with Crippen LogP contribution in [0.3, 0.4) is 0 Å². The van der Waals surface area contributed by atoms with Gasteiger partial charge < -0.3 is 5.32 Å². The molecular weight excluding hydrogens is 350 g/mol. The summed E-state index contributed by atoms with van der Waals surface area (Å²) in [6, 6.07) is 11.6. The van der Waals surface area contributed by atoms with Crippen molar-refractivity contribution in [1.29, 1.82) is 0 Å². The standard InChI is InChI=1S/C19H20ClN5O/c20-16-5-3-4-14(10-16)17(24-8-1-2-9-24)11-21-19(26)15-6-7-18-23-22-13-25(18)12-15/h3-7,10,12-13,17H,1-2,8-9,11H2,(H,21,26). The summed E-state index contributed by atoms with van der Waals surface area (Å²) in [5, 5.41) is 11.6. The third-order valence-electron chi connectivity index (χ3n) is 4.82. The van der Waals surface area contributed by atoms with Crippen molar-refractivity contribution in [2.24, 2.45) is 0 Å². The topological polar surface area (TPSA) is 62.5 Å². The molecule has 0 aliphatic carbocycles. The first-order valence-electron chi connectivity index (χ1n) is 8.78. The number of likely N-dealkylation sites (tertiary alicyclic amines) is 1. The summed E-state index contributed by atoms with van der Waals surface area (Å²) in [5.41, 5.74) is 2.44. The molecule has 1 unspecified atom stereocenters. The number of halogens is 1. The van der Waals surface area contributed by atoms with Crippen LogP contribution in [-0.2, 0) is 0 Å². The van der Waals surface area contributed by atoms with Gasteiger partial charge in [0.05, 0.1) is 11.6 Å². The molecule has 0 bridgehead atoms. The lowest BCUT2D eigenvalue weighted by molar-refractivity contribution is 0.0937. The summed E-state index contributed by atoms with van der Waals surface area (Å²) in [4.78, 5) is 15.0. The van der Waals surface area contributed by atoms with E-state index in [2.05, 4.69) is 26.5 Å². The summed E-state index contributed by atoms with van der Waals surface area (Å²) in [5.74, 6) is -0.105. The average Bonchev–Trinajstić information content (AvgIpc) is 3.33. The molecule has 134 valence electrons. The van der Waals surface area contributed by atoms with Crippen molar-refractivity contribution < 1.29 is 4.79 Å². The molecule has 0 spiro atoms. The van der Waals surface area contributed by atoms with E-state index >= 15 is 0 Å². The van der Waals surface area contributed by atoms with Crippen LogP contribution in [0, 0.1) is 0 Å². The number of carbonyl (C=O) groups excluding carboxylic acids is 1. The van der Waals surface area contributed by atoms with Gasteiger partial charge in [0.1, 0.15) is 6.33 Å². The first-order valence-corrected chi connectivity index (χ1v) is 9.15. The van der Waals surface area contributed by atoms with Gasteiger partial charge in [-0.2, -0.15) is 0 Å². The molecule has 1 aliphatic heterocycles. The van der Waals surface area contributed by atoms with Crippen LogP contribution in [0.15, 0.2) is 48.9 Å². The highest BCUT2D eigenvalue weighted by Crippen LogP contribution is 2.26. The fourth-order valence-corrected chi connectivity index (χ4v) is 3.68. The van der Waals surface area contributed by atoms with Gasteiger partial charge in [0, 0.05) is 17.8 Å². The largest absolute Gasteiger partial charge is 0.350 e. The summed E-state index contributed by atoms with van der Waals surface area (Å²) >= 11 is 6.18. The van der Waals surface area contributed by atoms with Crippen molar-refractivity contribution >= 4 is 23.2 Å². The van der Waals surface area contributed by atoms with Crippen LogP contribution in [0.5, 0.6) is 0 Å². The predicted octanol–water partition coefficient (Wildman–Crippen LogP) is 2.95. The van der Waals surface area contributed by atoms with E-state index in [9.17, 15) is 4.79 Å². The highest BCUT2D eigenvalue weighted by molar-refractivity contribution is 6.30. The Morgan fingerprint density at radius 3 is 2.88 bits per heavy atom. The molecule has 2 aromatic heterocycles. The maximum atomic E-state index is 12.6. The molecule has 1 atom stereocenters. The summed E-state index contributed by atoms with van der Waals surface area (Å²) < 4.78 is 1.74. The second-order valence-electron chi connectivity index (χ2n) is 6.54. The molecule has 7 heteroatoms. The van der Waals surface area contributed by atoms with Crippen molar-refractivity contribution in [2.75, 3.05) is 19.6 Å². The third-order valence-corrected chi connectivity index (χ3v) is 5.06. The Bertz CT molecular complexity index is 919. The average molecular weight is 370 g/mol. The zero-order valence-corrected chi connectivity index (χ0v) is 15.1. The number of pyridine rings is 1. The van der Waals surface area contributed by atoms with E-state index in [0.717, 1.165) is 29.3 Å². The van der Waals surface area contributed by atoms with Gasteiger partial charge in [0.25, 0.3) is 5.91 Å². The summed E-state index contributed by atoms with van der Waals surface area (Å²) in [6.07, 6.45) is 5.71. The van der Waals surface area contributed by atoms with E-state index < -0.39 is 0 Å². The number of rotatable bonds is 5. The highest BCUT2D eigenvalue weighted by Gasteiger charge is 2.24. The molecule has 1 saturated heterocycles. The molecule has 3 aromatic rings. The SMILES string of the molecule is O=C(NCC(c1cccc(Cl)c1)N1CCCC1)c1ccc2nncn2c1. The normalized spacial score (nSPS) is 16.0. The number of aromatic nitrogens is 3. The van der Waals surface area contributed by atoms with E-state index in [0.29, 0.717) is 12.1 Å². The Hall–Kier alpha value is -2.44. The molecule has 3 heterocycles. The lowest BCUT2D eigenvalue weighted by Gasteiger charge is -2.28. The van der Waals surface area contributed by atoms with E-state index in [-0.39, 0.29) is 11.9 Å². The Balaban J connectivity index is 1.51. The Kier molecular flexibility index (Phi) is 4.86. The van der Waals surface area contributed by atoms with E-state index in [4.69, 9.17) is 11.6 Å². The zero-order chi connectivity index (χ0) is 17.9. The lowest BCUT2D eigenvalue weighted by atomic mass is 10.1. The van der Waals surface area contributed by atoms with Crippen molar-refractivity contribution in [3.05, 3.63) is 65.1 Å². The number of fused-ring (bicyclic) bond motifs is 1. The van der Waals surface area contributed by atoms with Crippen molar-refractivity contribution in [2.45, 2.75) is 18.9 Å². The van der Waals surface area contributed by atoms with Gasteiger partial charge in [-0.1, -0.05) is 23.7 Å².